The summed E-state index contributed by atoms with van der Waals surface area (Å²) in [5.74, 6) is 0.416. The van der Waals surface area contributed by atoms with Crippen LogP contribution in [0.3, 0.4) is 0 Å². The van der Waals surface area contributed by atoms with Gasteiger partial charge in [0.15, 0.2) is 0 Å². The van der Waals surface area contributed by atoms with Gasteiger partial charge in [-0.15, -0.1) is 0 Å². The molecule has 1 aliphatic heterocycles. The maximum atomic E-state index is 12.6. The summed E-state index contributed by atoms with van der Waals surface area (Å²) in [6.07, 6.45) is 5.10. The molecular formula is C21H29N3O2. The zero-order valence-electron chi connectivity index (χ0n) is 16.2. The summed E-state index contributed by atoms with van der Waals surface area (Å²) in [6, 6.07) is 8.09. The van der Waals surface area contributed by atoms with Crippen molar-refractivity contribution in [1.29, 1.82) is 5.26 Å². The number of nitriles is 1. The molecule has 1 N–H and O–H groups in total. The molecule has 1 saturated heterocycles. The molecule has 2 rings (SSSR count). The predicted molar refractivity (Wildman–Crippen MR) is 103 cm³/mol. The van der Waals surface area contributed by atoms with Crippen LogP contribution < -0.4 is 10.1 Å². The van der Waals surface area contributed by atoms with E-state index in [2.05, 4.69) is 23.2 Å². The summed E-state index contributed by atoms with van der Waals surface area (Å²) in [5, 5.41) is 12.4. The maximum Gasteiger partial charge on any atom is 0.263 e. The second-order valence-corrected chi connectivity index (χ2v) is 6.91. The highest BCUT2D eigenvalue weighted by atomic mass is 16.5. The molecule has 1 aromatic carbocycles. The van der Waals surface area contributed by atoms with Gasteiger partial charge in [0.1, 0.15) is 17.4 Å². The molecule has 5 heteroatoms. The molecule has 1 fully saturated rings. The Morgan fingerprint density at radius 2 is 2.27 bits per heavy atom. The number of nitrogens with one attached hydrogen (secondary N) is 1. The van der Waals surface area contributed by atoms with Crippen molar-refractivity contribution in [1.82, 2.24) is 10.2 Å². The summed E-state index contributed by atoms with van der Waals surface area (Å²) >= 11 is 0. The predicted octanol–water partition coefficient (Wildman–Crippen LogP) is 3.85. The number of piperidine rings is 1. The molecule has 0 aromatic heterocycles. The lowest BCUT2D eigenvalue weighted by Gasteiger charge is -2.32. The Balaban J connectivity index is 2.14. The van der Waals surface area contributed by atoms with Gasteiger partial charge in [-0.3, -0.25) is 4.79 Å². The Hall–Kier alpha value is -2.48. The second kappa shape index (κ2) is 9.28. The molecule has 26 heavy (non-hydrogen) atoms. The molecule has 2 unspecified atom stereocenters. The van der Waals surface area contributed by atoms with Gasteiger partial charge in [-0.1, -0.05) is 17.7 Å². The van der Waals surface area contributed by atoms with Crippen molar-refractivity contribution in [3.8, 4) is 11.8 Å². The van der Waals surface area contributed by atoms with Crippen LogP contribution in [0.15, 0.2) is 30.0 Å². The van der Waals surface area contributed by atoms with Gasteiger partial charge in [-0.05, 0) is 53.0 Å². The van der Waals surface area contributed by atoms with E-state index >= 15 is 0 Å². The first-order valence-electron chi connectivity index (χ1n) is 9.38. The third kappa shape index (κ3) is 5.01. The van der Waals surface area contributed by atoms with Gasteiger partial charge in [-0.2, -0.15) is 5.26 Å². The van der Waals surface area contributed by atoms with E-state index < -0.39 is 0 Å². The highest BCUT2D eigenvalue weighted by Crippen LogP contribution is 2.27. The van der Waals surface area contributed by atoms with Crippen LogP contribution in [0, 0.1) is 18.3 Å². The largest absolute Gasteiger partial charge is 0.494 e. The van der Waals surface area contributed by atoms with E-state index in [4.69, 9.17) is 4.74 Å². The van der Waals surface area contributed by atoms with Crippen LogP contribution in [-0.4, -0.2) is 30.0 Å². The molecule has 0 bridgehead atoms. The first-order valence-corrected chi connectivity index (χ1v) is 9.38. The van der Waals surface area contributed by atoms with Crippen molar-refractivity contribution in [2.24, 2.45) is 0 Å². The number of carbonyl (C=O) groups is 1. The molecule has 0 spiro atoms. The fraction of sp³-hybridized carbons (Fsp3) is 0.524. The highest BCUT2D eigenvalue weighted by Gasteiger charge is 2.20. The van der Waals surface area contributed by atoms with Gasteiger partial charge in [0.2, 0.25) is 0 Å². The van der Waals surface area contributed by atoms with Crippen LogP contribution in [0.4, 0.5) is 0 Å². The normalized spacial score (nSPS) is 18.8. The summed E-state index contributed by atoms with van der Waals surface area (Å²) in [6.45, 7) is 9.43. The van der Waals surface area contributed by atoms with E-state index in [-0.39, 0.29) is 17.5 Å². The lowest BCUT2D eigenvalue weighted by atomic mass is 10.0. The number of benzene rings is 1. The van der Waals surface area contributed by atoms with Crippen LogP contribution in [0.1, 0.15) is 57.2 Å². The molecule has 0 radical (unpaired) electrons. The Labute approximate surface area is 156 Å². The number of likely N-dealkylation sites (tertiary alicyclic amines) is 1. The van der Waals surface area contributed by atoms with Crippen molar-refractivity contribution in [3.05, 3.63) is 41.1 Å². The minimum absolute atomic E-state index is 0.149. The van der Waals surface area contributed by atoms with Gasteiger partial charge >= 0.3 is 0 Å². The smallest absolute Gasteiger partial charge is 0.263 e. The van der Waals surface area contributed by atoms with Crippen LogP contribution in [0.2, 0.25) is 0 Å². The summed E-state index contributed by atoms with van der Waals surface area (Å²) in [4.78, 5) is 14.7. The average Bonchev–Trinajstić information content (AvgIpc) is 2.62. The molecule has 0 saturated carbocycles. The highest BCUT2D eigenvalue weighted by molar-refractivity contribution is 5.97. The van der Waals surface area contributed by atoms with E-state index in [0.29, 0.717) is 12.6 Å². The van der Waals surface area contributed by atoms with Crippen molar-refractivity contribution in [2.75, 3.05) is 13.2 Å². The monoisotopic (exact) mass is 355 g/mol. The lowest BCUT2D eigenvalue weighted by Crippen LogP contribution is -2.35. The zero-order valence-corrected chi connectivity index (χ0v) is 16.2. The standard InChI is InChI=1S/C21H29N3O2/c1-5-26-20-10-9-15(2)12-19(20)17(4)23-21(25)18(13-22)14-24-11-7-6-8-16(24)3/h9-10,12,14,16-17H,5-8,11H2,1-4H3,(H,23,25)/b18-14-. The number of carbonyl (C=O) groups excluding carboxylic acids is 1. The SMILES string of the molecule is CCOc1ccc(C)cc1C(C)NC(=O)/C(C#N)=C\N1CCCCC1C. The van der Waals surface area contributed by atoms with Crippen molar-refractivity contribution < 1.29 is 9.53 Å². The van der Waals surface area contributed by atoms with Crippen LogP contribution in [0.25, 0.3) is 0 Å². The van der Waals surface area contributed by atoms with Crippen LogP contribution in [-0.2, 0) is 4.79 Å². The van der Waals surface area contributed by atoms with Crippen LogP contribution in [0.5, 0.6) is 5.75 Å². The molecule has 1 aliphatic rings. The van der Waals surface area contributed by atoms with Crippen molar-refractivity contribution in [3.63, 3.8) is 0 Å². The van der Waals surface area contributed by atoms with E-state index in [0.717, 1.165) is 36.3 Å². The topological polar surface area (TPSA) is 65.4 Å². The summed E-state index contributed by atoms with van der Waals surface area (Å²) < 4.78 is 5.68. The molecular weight excluding hydrogens is 326 g/mol. The molecule has 2 atom stereocenters. The number of rotatable bonds is 6. The number of ether oxygens (including phenoxy) is 1. The van der Waals surface area contributed by atoms with Gasteiger partial charge in [0.05, 0.1) is 12.6 Å². The first kappa shape index (κ1) is 19.8. The zero-order chi connectivity index (χ0) is 19.1. The molecule has 1 amide bonds. The van der Waals surface area contributed by atoms with E-state index in [1.807, 2.05) is 39.0 Å². The second-order valence-electron chi connectivity index (χ2n) is 6.91. The molecule has 1 aromatic rings. The summed E-state index contributed by atoms with van der Waals surface area (Å²) in [5.41, 5.74) is 2.17. The number of nitrogens with zero attached hydrogens (tertiary/aromatic N) is 2. The van der Waals surface area contributed by atoms with E-state index in [1.54, 1.807) is 6.20 Å². The van der Waals surface area contributed by atoms with Crippen LogP contribution >= 0.6 is 0 Å². The van der Waals surface area contributed by atoms with E-state index in [9.17, 15) is 10.1 Å². The minimum atomic E-state index is -0.346. The third-order valence-corrected chi connectivity index (χ3v) is 4.79. The number of amides is 1. The molecule has 140 valence electrons. The van der Waals surface area contributed by atoms with Gasteiger partial charge in [0.25, 0.3) is 5.91 Å². The lowest BCUT2D eigenvalue weighted by molar-refractivity contribution is -0.117. The first-order chi connectivity index (χ1) is 12.5. The maximum absolute atomic E-state index is 12.6. The fourth-order valence-electron chi connectivity index (χ4n) is 3.26. The quantitative estimate of drug-likeness (QED) is 0.622. The Kier molecular flexibility index (Phi) is 7.08. The Morgan fingerprint density at radius 3 is 2.92 bits per heavy atom. The number of aryl methyl sites for hydroxylation is 1. The Morgan fingerprint density at radius 1 is 1.50 bits per heavy atom. The van der Waals surface area contributed by atoms with Crippen molar-refractivity contribution in [2.45, 2.75) is 59.0 Å². The van der Waals surface area contributed by atoms with Crippen molar-refractivity contribution >= 4 is 5.91 Å². The summed E-state index contributed by atoms with van der Waals surface area (Å²) in [7, 11) is 0. The molecule has 1 heterocycles. The molecule has 0 aliphatic carbocycles. The van der Waals surface area contributed by atoms with Gasteiger partial charge < -0.3 is 15.0 Å². The van der Waals surface area contributed by atoms with Gasteiger partial charge in [0, 0.05) is 24.4 Å². The third-order valence-electron chi connectivity index (χ3n) is 4.79. The fourth-order valence-corrected chi connectivity index (χ4v) is 3.26. The number of hydrogen-bond acceptors (Lipinski definition) is 4. The molecule has 5 nitrogen and oxygen atoms in total. The van der Waals surface area contributed by atoms with Gasteiger partial charge in [-0.25, -0.2) is 0 Å². The Bertz CT molecular complexity index is 706. The number of hydrogen-bond donors (Lipinski definition) is 1. The van der Waals surface area contributed by atoms with E-state index in [1.165, 1.54) is 6.42 Å². The minimum Gasteiger partial charge on any atom is -0.494 e. The average molecular weight is 355 g/mol.